The molecule has 9 heteroatoms. The zero-order chi connectivity index (χ0) is 34.8. The van der Waals surface area contributed by atoms with Crippen LogP contribution in [0, 0.1) is 0 Å². The molecule has 0 saturated carbocycles. The third-order valence-corrected chi connectivity index (χ3v) is 7.90. The standard InChI is InChI=1S/C42H32N4O5/c1-42(2,3)29-20-34-24-35(21-29)51-39-26-37(44-41(46-39)28-14-8-5-9-15-28)49-33-19-11-17-31(23-33)47-30-16-10-18-32(22-30)48-36-25-38(50-34)45-40(43-36)27-12-6-4-7-13-27/h4-26H,1-3H3. The highest BCUT2D eigenvalue weighted by atomic mass is 16.5. The Morgan fingerprint density at radius 1 is 0.353 bits per heavy atom. The average Bonchev–Trinajstić information content (AvgIpc) is 3.12. The first-order valence-electron chi connectivity index (χ1n) is 16.4. The molecule has 5 aromatic carbocycles. The summed E-state index contributed by atoms with van der Waals surface area (Å²) in [5, 5.41) is 0. The molecule has 0 radical (unpaired) electrons. The van der Waals surface area contributed by atoms with Gasteiger partial charge in [0.05, 0.1) is 12.1 Å². The van der Waals surface area contributed by atoms with Crippen LogP contribution in [0.15, 0.2) is 140 Å². The van der Waals surface area contributed by atoms with Crippen molar-refractivity contribution in [2.24, 2.45) is 0 Å². The monoisotopic (exact) mass is 672 g/mol. The Bertz CT molecular complexity index is 2190. The van der Waals surface area contributed by atoms with E-state index >= 15 is 0 Å². The fraction of sp³-hybridized carbons (Fsp3) is 0.0952. The third kappa shape index (κ3) is 7.47. The summed E-state index contributed by atoms with van der Waals surface area (Å²) in [6.45, 7) is 6.38. The highest BCUT2D eigenvalue weighted by molar-refractivity contribution is 5.58. The van der Waals surface area contributed by atoms with Crippen LogP contribution in [0.2, 0.25) is 0 Å². The Morgan fingerprint density at radius 3 is 1.10 bits per heavy atom. The van der Waals surface area contributed by atoms with Crippen LogP contribution in [0.25, 0.3) is 22.8 Å². The van der Waals surface area contributed by atoms with Crippen LogP contribution < -0.4 is 23.7 Å². The molecule has 0 N–H and O–H groups in total. The summed E-state index contributed by atoms with van der Waals surface area (Å²) >= 11 is 0. The summed E-state index contributed by atoms with van der Waals surface area (Å²) < 4.78 is 31.8. The van der Waals surface area contributed by atoms with Gasteiger partial charge in [0.1, 0.15) is 34.5 Å². The maximum absolute atomic E-state index is 6.48. The van der Waals surface area contributed by atoms with E-state index in [2.05, 4.69) is 20.8 Å². The molecule has 2 aromatic heterocycles. The van der Waals surface area contributed by atoms with E-state index in [9.17, 15) is 0 Å². The summed E-state index contributed by atoms with van der Waals surface area (Å²) in [7, 11) is 0. The normalized spacial score (nSPS) is 12.2. The summed E-state index contributed by atoms with van der Waals surface area (Å²) in [5.74, 6) is 5.24. The van der Waals surface area contributed by atoms with Gasteiger partial charge in [-0.1, -0.05) is 93.6 Å². The second-order valence-electron chi connectivity index (χ2n) is 12.9. The first kappa shape index (κ1) is 31.5. The Hall–Kier alpha value is -6.74. The number of fused-ring (bicyclic) bond motifs is 10. The molecule has 250 valence electrons. The molecule has 10 bridgehead atoms. The van der Waals surface area contributed by atoms with Gasteiger partial charge in [-0.15, -0.1) is 0 Å². The maximum atomic E-state index is 6.48. The minimum absolute atomic E-state index is 0.242. The van der Waals surface area contributed by atoms with E-state index in [4.69, 9.17) is 43.6 Å². The molecule has 0 atom stereocenters. The van der Waals surface area contributed by atoms with Crippen LogP contribution in [0.1, 0.15) is 26.3 Å². The molecule has 0 aliphatic carbocycles. The maximum Gasteiger partial charge on any atom is 0.226 e. The van der Waals surface area contributed by atoms with E-state index in [1.165, 1.54) is 0 Å². The number of nitrogens with zero attached hydrogens (tertiary/aromatic N) is 4. The van der Waals surface area contributed by atoms with Gasteiger partial charge in [0.25, 0.3) is 0 Å². The average molecular weight is 673 g/mol. The molecular weight excluding hydrogens is 640 g/mol. The lowest BCUT2D eigenvalue weighted by atomic mass is 9.87. The minimum Gasteiger partial charge on any atom is -0.457 e. The zero-order valence-electron chi connectivity index (χ0n) is 28.1. The molecular formula is C42H32N4O5. The van der Waals surface area contributed by atoms with Crippen LogP contribution in [-0.4, -0.2) is 19.9 Å². The van der Waals surface area contributed by atoms with Crippen LogP contribution in [-0.2, 0) is 5.41 Å². The van der Waals surface area contributed by atoms with Crippen molar-refractivity contribution in [2.45, 2.75) is 26.2 Å². The van der Waals surface area contributed by atoms with Gasteiger partial charge in [-0.3, -0.25) is 0 Å². The van der Waals surface area contributed by atoms with E-state index in [0.717, 1.165) is 16.7 Å². The Labute approximate surface area is 295 Å². The van der Waals surface area contributed by atoms with Crippen molar-refractivity contribution in [3.63, 3.8) is 0 Å². The predicted octanol–water partition coefficient (Wildman–Crippen LogP) is 11.2. The highest BCUT2D eigenvalue weighted by Crippen LogP contribution is 2.38. The number of benzene rings is 5. The van der Waals surface area contributed by atoms with Crippen LogP contribution in [0.5, 0.6) is 58.0 Å². The molecule has 0 spiro atoms. The van der Waals surface area contributed by atoms with Gasteiger partial charge in [-0.25, -0.2) is 0 Å². The van der Waals surface area contributed by atoms with E-state index in [1.807, 2.05) is 109 Å². The lowest BCUT2D eigenvalue weighted by molar-refractivity contribution is 0.417. The van der Waals surface area contributed by atoms with Gasteiger partial charge >= 0.3 is 0 Å². The second-order valence-corrected chi connectivity index (χ2v) is 12.9. The minimum atomic E-state index is -0.242. The quantitative estimate of drug-likeness (QED) is 0.178. The second kappa shape index (κ2) is 13.3. The van der Waals surface area contributed by atoms with Crippen molar-refractivity contribution in [2.75, 3.05) is 0 Å². The van der Waals surface area contributed by atoms with Crippen molar-refractivity contribution < 1.29 is 23.7 Å². The molecule has 1 aliphatic rings. The molecule has 0 fully saturated rings. The molecule has 1 aliphatic heterocycles. The number of hydrogen-bond acceptors (Lipinski definition) is 9. The Morgan fingerprint density at radius 2 is 0.706 bits per heavy atom. The first-order valence-corrected chi connectivity index (χ1v) is 16.4. The molecule has 0 unspecified atom stereocenters. The number of ether oxygens (including phenoxy) is 5. The van der Waals surface area contributed by atoms with Crippen molar-refractivity contribution in [3.05, 3.63) is 145 Å². The molecule has 7 aromatic rings. The van der Waals surface area contributed by atoms with E-state index in [-0.39, 0.29) is 5.41 Å². The smallest absolute Gasteiger partial charge is 0.226 e. The Balaban J connectivity index is 1.29. The SMILES string of the molecule is CC(C)(C)c1cc2cc(c1)Oc1cc(nc(-c3ccccc3)n1)Oc1cccc(c1)Oc1cccc(c1)Oc1cc(nc(-c3ccccc3)n1)O2. The van der Waals surface area contributed by atoms with Gasteiger partial charge in [0.2, 0.25) is 23.5 Å². The van der Waals surface area contributed by atoms with E-state index < -0.39 is 0 Å². The zero-order valence-corrected chi connectivity index (χ0v) is 28.1. The van der Waals surface area contributed by atoms with Crippen LogP contribution in [0.4, 0.5) is 0 Å². The topological polar surface area (TPSA) is 97.7 Å². The first-order chi connectivity index (χ1) is 24.8. The summed E-state index contributed by atoms with van der Waals surface area (Å²) in [6, 6.07) is 43.0. The number of rotatable bonds is 2. The molecule has 9 nitrogen and oxygen atoms in total. The molecule has 3 heterocycles. The Kier molecular flexibility index (Phi) is 8.21. The van der Waals surface area contributed by atoms with Gasteiger partial charge in [-0.05, 0) is 47.4 Å². The predicted molar refractivity (Wildman–Crippen MR) is 193 cm³/mol. The number of hydrogen-bond donors (Lipinski definition) is 0. The summed E-state index contributed by atoms with van der Waals surface area (Å²) in [5.41, 5.74) is 2.35. The summed E-state index contributed by atoms with van der Waals surface area (Å²) in [4.78, 5) is 19.0. The van der Waals surface area contributed by atoms with E-state index in [0.29, 0.717) is 69.7 Å². The van der Waals surface area contributed by atoms with Gasteiger partial charge in [-0.2, -0.15) is 19.9 Å². The summed E-state index contributed by atoms with van der Waals surface area (Å²) in [6.07, 6.45) is 0. The van der Waals surface area contributed by atoms with Crippen molar-refractivity contribution >= 4 is 0 Å². The van der Waals surface area contributed by atoms with Gasteiger partial charge < -0.3 is 23.7 Å². The third-order valence-electron chi connectivity index (χ3n) is 7.90. The van der Waals surface area contributed by atoms with Crippen molar-refractivity contribution in [3.8, 4) is 80.8 Å². The fourth-order valence-electron chi connectivity index (χ4n) is 5.39. The molecule has 0 amide bonds. The van der Waals surface area contributed by atoms with Crippen molar-refractivity contribution in [1.29, 1.82) is 0 Å². The lowest BCUT2D eigenvalue weighted by Gasteiger charge is -2.21. The van der Waals surface area contributed by atoms with Crippen LogP contribution in [0.3, 0.4) is 0 Å². The number of aromatic nitrogens is 4. The molecule has 8 rings (SSSR count). The molecule has 0 saturated heterocycles. The van der Waals surface area contributed by atoms with Crippen molar-refractivity contribution in [1.82, 2.24) is 19.9 Å². The van der Waals surface area contributed by atoms with Crippen LogP contribution >= 0.6 is 0 Å². The fourth-order valence-corrected chi connectivity index (χ4v) is 5.39. The largest absolute Gasteiger partial charge is 0.457 e. The van der Waals surface area contributed by atoms with E-state index in [1.54, 1.807) is 30.3 Å². The molecule has 51 heavy (non-hydrogen) atoms. The lowest BCUT2D eigenvalue weighted by Crippen LogP contribution is -2.11. The van der Waals surface area contributed by atoms with Gasteiger partial charge in [0.15, 0.2) is 11.6 Å². The van der Waals surface area contributed by atoms with Gasteiger partial charge in [0, 0.05) is 29.3 Å². The highest BCUT2D eigenvalue weighted by Gasteiger charge is 2.20.